The summed E-state index contributed by atoms with van der Waals surface area (Å²) < 4.78 is 6.06. The van der Waals surface area contributed by atoms with Gasteiger partial charge in [-0.15, -0.1) is 0 Å². The molecule has 0 bridgehead atoms. The third kappa shape index (κ3) is 2.37. The molecule has 18 heavy (non-hydrogen) atoms. The highest BCUT2D eigenvalue weighted by atomic mass is 35.5. The molecular weight excluding hydrogens is 279 g/mol. The molecule has 1 heterocycles. The third-order valence-electron chi connectivity index (χ3n) is 2.41. The van der Waals surface area contributed by atoms with Gasteiger partial charge in [0.15, 0.2) is 0 Å². The molecule has 0 radical (unpaired) electrons. The number of rotatable bonds is 3. The van der Waals surface area contributed by atoms with Crippen LogP contribution < -0.4 is 5.69 Å². The number of ether oxygens (including phenoxy) is 1. The number of hydrogen-bond donors (Lipinski definition) is 1. The maximum absolute atomic E-state index is 11.7. The number of hydrogen-bond acceptors (Lipinski definition) is 3. The number of carbonyl (C=O) groups excluding carboxylic acids is 1. The van der Waals surface area contributed by atoms with Crippen molar-refractivity contribution in [1.29, 1.82) is 0 Å². The SMILES string of the molecule is CCOC(=O)Cn1c(=O)[nH]c2cc(Cl)c(Cl)cc21. The van der Waals surface area contributed by atoms with Crippen LogP contribution in [0.25, 0.3) is 11.0 Å². The van der Waals surface area contributed by atoms with Crippen LogP contribution in [0.3, 0.4) is 0 Å². The van der Waals surface area contributed by atoms with Crippen molar-refractivity contribution >= 4 is 40.2 Å². The molecule has 0 fully saturated rings. The Morgan fingerprint density at radius 1 is 1.39 bits per heavy atom. The maximum Gasteiger partial charge on any atom is 0.327 e. The van der Waals surface area contributed by atoms with Crippen molar-refractivity contribution in [2.45, 2.75) is 13.5 Å². The zero-order valence-corrected chi connectivity index (χ0v) is 11.0. The van der Waals surface area contributed by atoms with Crippen LogP contribution in [0.4, 0.5) is 0 Å². The third-order valence-corrected chi connectivity index (χ3v) is 3.13. The normalized spacial score (nSPS) is 10.8. The number of nitrogens with zero attached hydrogens (tertiary/aromatic N) is 1. The Balaban J connectivity index is 2.50. The summed E-state index contributed by atoms with van der Waals surface area (Å²) in [6.45, 7) is 1.81. The second-order valence-corrected chi connectivity index (χ2v) is 4.42. The number of aromatic amines is 1. The predicted octanol–water partition coefficient (Wildman–Crippen LogP) is 2.20. The first kappa shape index (κ1) is 13.0. The minimum atomic E-state index is -0.480. The van der Waals surface area contributed by atoms with Gasteiger partial charge in [-0.05, 0) is 19.1 Å². The summed E-state index contributed by atoms with van der Waals surface area (Å²) in [5.41, 5.74) is 0.637. The molecule has 0 spiro atoms. The summed E-state index contributed by atoms with van der Waals surface area (Å²) in [7, 11) is 0. The first-order valence-electron chi connectivity index (χ1n) is 5.26. The number of H-pyrrole nitrogens is 1. The van der Waals surface area contributed by atoms with E-state index >= 15 is 0 Å². The van der Waals surface area contributed by atoms with Crippen LogP contribution in [0.5, 0.6) is 0 Å². The van der Waals surface area contributed by atoms with Crippen LogP contribution in [-0.4, -0.2) is 22.1 Å². The maximum atomic E-state index is 11.7. The summed E-state index contributed by atoms with van der Waals surface area (Å²) in [5, 5.41) is 0.662. The van der Waals surface area contributed by atoms with Crippen LogP contribution in [0.2, 0.25) is 10.0 Å². The molecule has 5 nitrogen and oxygen atoms in total. The van der Waals surface area contributed by atoms with Gasteiger partial charge in [0.1, 0.15) is 6.54 Å². The minimum Gasteiger partial charge on any atom is -0.465 e. The Morgan fingerprint density at radius 3 is 2.72 bits per heavy atom. The van der Waals surface area contributed by atoms with Gasteiger partial charge in [0.25, 0.3) is 0 Å². The summed E-state index contributed by atoms with van der Waals surface area (Å²) in [6, 6.07) is 3.08. The summed E-state index contributed by atoms with van der Waals surface area (Å²) >= 11 is 11.7. The van der Waals surface area contributed by atoms with Crippen molar-refractivity contribution in [3.8, 4) is 0 Å². The summed E-state index contributed by atoms with van der Waals surface area (Å²) in [5.74, 6) is -0.480. The lowest BCUT2D eigenvalue weighted by Gasteiger charge is -2.03. The van der Waals surface area contributed by atoms with Gasteiger partial charge in [-0.2, -0.15) is 0 Å². The van der Waals surface area contributed by atoms with Crippen LogP contribution >= 0.6 is 23.2 Å². The van der Waals surface area contributed by atoms with E-state index in [2.05, 4.69) is 4.98 Å². The molecule has 0 aliphatic heterocycles. The average Bonchev–Trinajstić information content (AvgIpc) is 2.57. The highest BCUT2D eigenvalue weighted by Gasteiger charge is 2.13. The van der Waals surface area contributed by atoms with Gasteiger partial charge in [-0.1, -0.05) is 23.2 Å². The summed E-state index contributed by atoms with van der Waals surface area (Å²) in [6.07, 6.45) is 0. The molecule has 0 atom stereocenters. The fraction of sp³-hybridized carbons (Fsp3) is 0.273. The van der Waals surface area contributed by atoms with Gasteiger partial charge >= 0.3 is 11.7 Å². The topological polar surface area (TPSA) is 64.1 Å². The number of fused-ring (bicyclic) bond motifs is 1. The second-order valence-electron chi connectivity index (χ2n) is 3.60. The van der Waals surface area contributed by atoms with Crippen molar-refractivity contribution in [3.05, 3.63) is 32.7 Å². The molecule has 0 aliphatic carbocycles. The molecular formula is C11H10Cl2N2O3. The van der Waals surface area contributed by atoms with Crippen LogP contribution in [0, 0.1) is 0 Å². The van der Waals surface area contributed by atoms with Gasteiger partial charge < -0.3 is 9.72 Å². The number of carbonyl (C=O) groups is 1. The molecule has 0 saturated heterocycles. The Hall–Kier alpha value is -1.46. The number of benzene rings is 1. The highest BCUT2D eigenvalue weighted by molar-refractivity contribution is 6.42. The Bertz CT molecular complexity index is 660. The van der Waals surface area contributed by atoms with Crippen molar-refractivity contribution in [1.82, 2.24) is 9.55 Å². The largest absolute Gasteiger partial charge is 0.465 e. The lowest BCUT2D eigenvalue weighted by molar-refractivity contribution is -0.143. The van der Waals surface area contributed by atoms with Gasteiger partial charge in [-0.25, -0.2) is 4.79 Å². The molecule has 1 aromatic carbocycles. The fourth-order valence-electron chi connectivity index (χ4n) is 1.64. The second kappa shape index (κ2) is 5.04. The van der Waals surface area contributed by atoms with E-state index in [9.17, 15) is 9.59 Å². The van der Waals surface area contributed by atoms with Gasteiger partial charge in [0.05, 0.1) is 27.7 Å². The Kier molecular flexibility index (Phi) is 3.63. The zero-order valence-electron chi connectivity index (χ0n) is 9.50. The predicted molar refractivity (Wildman–Crippen MR) is 69.2 cm³/mol. The lowest BCUT2D eigenvalue weighted by atomic mass is 10.3. The van der Waals surface area contributed by atoms with Crippen molar-refractivity contribution in [2.24, 2.45) is 0 Å². The van der Waals surface area contributed by atoms with E-state index in [1.807, 2.05) is 0 Å². The van der Waals surface area contributed by atoms with Crippen LogP contribution in [0.15, 0.2) is 16.9 Å². The van der Waals surface area contributed by atoms with E-state index in [-0.39, 0.29) is 13.2 Å². The molecule has 96 valence electrons. The van der Waals surface area contributed by atoms with E-state index in [0.717, 1.165) is 0 Å². The highest BCUT2D eigenvalue weighted by Crippen LogP contribution is 2.26. The molecule has 2 aromatic rings. The van der Waals surface area contributed by atoms with Crippen LogP contribution in [-0.2, 0) is 16.1 Å². The van der Waals surface area contributed by atoms with Crippen molar-refractivity contribution < 1.29 is 9.53 Å². The standard InChI is InChI=1S/C11H10Cl2N2O3/c1-2-18-10(16)5-15-9-4-7(13)6(12)3-8(9)14-11(15)17/h3-4H,2,5H2,1H3,(H,14,17). The molecule has 0 saturated carbocycles. The van der Waals surface area contributed by atoms with E-state index in [1.54, 1.807) is 13.0 Å². The van der Waals surface area contributed by atoms with E-state index in [1.165, 1.54) is 10.6 Å². The average molecular weight is 289 g/mol. The molecule has 0 unspecified atom stereocenters. The van der Waals surface area contributed by atoms with Crippen molar-refractivity contribution in [2.75, 3.05) is 6.61 Å². The van der Waals surface area contributed by atoms with E-state index in [0.29, 0.717) is 21.1 Å². The molecule has 1 N–H and O–H groups in total. The van der Waals surface area contributed by atoms with Gasteiger partial charge in [0, 0.05) is 0 Å². The monoisotopic (exact) mass is 288 g/mol. The molecule has 2 rings (SSSR count). The fourth-order valence-corrected chi connectivity index (χ4v) is 1.97. The minimum absolute atomic E-state index is 0.162. The summed E-state index contributed by atoms with van der Waals surface area (Å²) in [4.78, 5) is 25.7. The molecule has 7 heteroatoms. The first-order chi connectivity index (χ1) is 8.52. The molecule has 0 amide bonds. The smallest absolute Gasteiger partial charge is 0.327 e. The molecule has 0 aliphatic rings. The van der Waals surface area contributed by atoms with Gasteiger partial charge in [0.2, 0.25) is 0 Å². The number of aromatic nitrogens is 2. The van der Waals surface area contributed by atoms with Crippen LogP contribution in [0.1, 0.15) is 6.92 Å². The zero-order chi connectivity index (χ0) is 13.3. The number of imidazole rings is 1. The Labute approximate surface area is 112 Å². The lowest BCUT2D eigenvalue weighted by Crippen LogP contribution is -2.23. The number of esters is 1. The molecule has 1 aromatic heterocycles. The Morgan fingerprint density at radius 2 is 2.06 bits per heavy atom. The number of nitrogens with one attached hydrogen (secondary N) is 1. The van der Waals surface area contributed by atoms with E-state index < -0.39 is 11.7 Å². The van der Waals surface area contributed by atoms with Gasteiger partial charge in [-0.3, -0.25) is 9.36 Å². The quantitative estimate of drug-likeness (QED) is 0.881. The first-order valence-corrected chi connectivity index (χ1v) is 6.01. The number of halogens is 2. The van der Waals surface area contributed by atoms with Crippen molar-refractivity contribution in [3.63, 3.8) is 0 Å². The van der Waals surface area contributed by atoms with E-state index in [4.69, 9.17) is 27.9 Å².